The molecule has 0 aromatic heterocycles. The minimum atomic E-state index is -0.522. The van der Waals surface area contributed by atoms with E-state index in [1.165, 1.54) is 7.11 Å². The second-order valence-corrected chi connectivity index (χ2v) is 4.13. The summed E-state index contributed by atoms with van der Waals surface area (Å²) in [5.74, 6) is 0.382. The number of para-hydroxylation sites is 1. The van der Waals surface area contributed by atoms with Gasteiger partial charge in [-0.1, -0.05) is 19.1 Å². The van der Waals surface area contributed by atoms with Gasteiger partial charge in [0.2, 0.25) is 0 Å². The van der Waals surface area contributed by atoms with E-state index in [-0.39, 0.29) is 5.97 Å². The van der Waals surface area contributed by atoms with Gasteiger partial charge in [-0.25, -0.2) is 4.79 Å². The van der Waals surface area contributed by atoms with Crippen LogP contribution in [0.4, 0.5) is 0 Å². The van der Waals surface area contributed by atoms with E-state index in [4.69, 9.17) is 4.74 Å². The Morgan fingerprint density at radius 2 is 2.13 bits per heavy atom. The van der Waals surface area contributed by atoms with Crippen LogP contribution in [0.5, 0.6) is 5.75 Å². The Morgan fingerprint density at radius 3 is 2.67 bits per heavy atom. The molecule has 0 saturated heterocycles. The van der Waals surface area contributed by atoms with Gasteiger partial charge < -0.3 is 9.47 Å². The molecule has 0 heterocycles. The summed E-state index contributed by atoms with van der Waals surface area (Å²) in [6.45, 7) is 1.89. The fraction of sp³-hybridized carbons (Fsp3) is 0.364. The lowest BCUT2D eigenvalue weighted by Gasteiger charge is -2.15. The first-order valence-electron chi connectivity index (χ1n) is 4.68. The normalized spacial score (nSPS) is 11.9. The van der Waals surface area contributed by atoms with E-state index in [2.05, 4.69) is 27.3 Å². The number of esters is 1. The summed E-state index contributed by atoms with van der Waals surface area (Å²) in [7, 11) is 1.37. The zero-order valence-corrected chi connectivity index (χ0v) is 10.9. The fourth-order valence-corrected chi connectivity index (χ4v) is 1.64. The van der Waals surface area contributed by atoms with Gasteiger partial charge in [-0.2, -0.15) is 0 Å². The second kappa shape index (κ2) is 5.95. The Hall–Kier alpha value is -0.780. The number of carbonyl (C=O) groups is 1. The zero-order valence-electron chi connectivity index (χ0n) is 8.70. The van der Waals surface area contributed by atoms with E-state index in [0.29, 0.717) is 6.42 Å². The Morgan fingerprint density at radius 1 is 1.47 bits per heavy atom. The molecule has 0 N–H and O–H groups in total. The Balaban J connectivity index is 2.75. The minimum Gasteiger partial charge on any atom is -0.478 e. The fourth-order valence-electron chi connectivity index (χ4n) is 1.12. The van der Waals surface area contributed by atoms with E-state index in [0.717, 1.165) is 9.32 Å². The third-order valence-electron chi connectivity index (χ3n) is 1.94. The van der Waals surface area contributed by atoms with Crippen molar-refractivity contribution in [2.24, 2.45) is 0 Å². The minimum absolute atomic E-state index is 0.336. The number of methoxy groups -OCH3 is 1. The molecule has 0 amide bonds. The number of ether oxygens (including phenoxy) is 2. The van der Waals surface area contributed by atoms with Gasteiger partial charge in [-0.3, -0.25) is 0 Å². The molecule has 1 aromatic rings. The van der Waals surface area contributed by atoms with Crippen molar-refractivity contribution in [3.8, 4) is 5.75 Å². The molecule has 0 bridgehead atoms. The smallest absolute Gasteiger partial charge is 0.347 e. The number of benzene rings is 1. The van der Waals surface area contributed by atoms with Crippen LogP contribution in [0.3, 0.4) is 0 Å². The van der Waals surface area contributed by atoms with Gasteiger partial charge in [-0.15, -0.1) is 0 Å². The highest BCUT2D eigenvalue weighted by molar-refractivity contribution is 14.1. The lowest BCUT2D eigenvalue weighted by molar-refractivity contribution is -0.148. The molecular formula is C11H13IO3. The van der Waals surface area contributed by atoms with Gasteiger partial charge in [-0.05, 0) is 41.1 Å². The highest BCUT2D eigenvalue weighted by Crippen LogP contribution is 2.21. The van der Waals surface area contributed by atoms with Crippen molar-refractivity contribution in [2.45, 2.75) is 19.4 Å². The van der Waals surface area contributed by atoms with Crippen molar-refractivity contribution in [1.82, 2.24) is 0 Å². The largest absolute Gasteiger partial charge is 0.478 e. The maximum atomic E-state index is 11.3. The van der Waals surface area contributed by atoms with E-state index < -0.39 is 6.10 Å². The van der Waals surface area contributed by atoms with E-state index in [9.17, 15) is 4.79 Å². The van der Waals surface area contributed by atoms with Crippen LogP contribution in [0, 0.1) is 3.57 Å². The predicted octanol–water partition coefficient (Wildman–Crippen LogP) is 2.62. The third kappa shape index (κ3) is 3.37. The summed E-state index contributed by atoms with van der Waals surface area (Å²) in [5.41, 5.74) is 0. The molecule has 0 saturated carbocycles. The monoisotopic (exact) mass is 320 g/mol. The molecule has 0 aliphatic heterocycles. The molecule has 82 valence electrons. The van der Waals surface area contributed by atoms with Gasteiger partial charge in [0.05, 0.1) is 10.7 Å². The van der Waals surface area contributed by atoms with Crippen LogP contribution in [0.2, 0.25) is 0 Å². The highest BCUT2D eigenvalue weighted by Gasteiger charge is 2.19. The van der Waals surface area contributed by atoms with Crippen molar-refractivity contribution < 1.29 is 14.3 Å². The van der Waals surface area contributed by atoms with Crippen LogP contribution in [0.25, 0.3) is 0 Å². The Kier molecular flexibility index (Phi) is 4.87. The van der Waals surface area contributed by atoms with Crippen molar-refractivity contribution >= 4 is 28.6 Å². The summed E-state index contributed by atoms with van der Waals surface area (Å²) in [6.07, 6.45) is 0.0726. The van der Waals surface area contributed by atoms with Crippen molar-refractivity contribution in [1.29, 1.82) is 0 Å². The Bertz CT molecular complexity index is 338. The first-order chi connectivity index (χ1) is 7.19. The van der Waals surface area contributed by atoms with Crippen LogP contribution in [-0.4, -0.2) is 19.2 Å². The molecule has 1 rings (SSSR count). The van der Waals surface area contributed by atoms with Crippen molar-refractivity contribution in [3.63, 3.8) is 0 Å². The molecule has 1 aromatic carbocycles. The summed E-state index contributed by atoms with van der Waals surface area (Å²) < 4.78 is 11.2. The summed E-state index contributed by atoms with van der Waals surface area (Å²) >= 11 is 2.17. The predicted molar refractivity (Wildman–Crippen MR) is 65.9 cm³/mol. The van der Waals surface area contributed by atoms with E-state index in [1.807, 2.05) is 31.2 Å². The van der Waals surface area contributed by atoms with Crippen LogP contribution in [-0.2, 0) is 9.53 Å². The van der Waals surface area contributed by atoms with E-state index >= 15 is 0 Å². The first-order valence-corrected chi connectivity index (χ1v) is 5.76. The van der Waals surface area contributed by atoms with Gasteiger partial charge in [0.15, 0.2) is 6.10 Å². The van der Waals surface area contributed by atoms with Crippen molar-refractivity contribution in [3.05, 3.63) is 27.8 Å². The van der Waals surface area contributed by atoms with Crippen LogP contribution in [0.15, 0.2) is 24.3 Å². The topological polar surface area (TPSA) is 35.5 Å². The summed E-state index contributed by atoms with van der Waals surface area (Å²) in [6, 6.07) is 7.57. The number of hydrogen-bond donors (Lipinski definition) is 0. The van der Waals surface area contributed by atoms with Crippen LogP contribution < -0.4 is 4.74 Å². The number of hydrogen-bond acceptors (Lipinski definition) is 3. The Labute approximate surface area is 103 Å². The molecule has 1 unspecified atom stereocenters. The maximum absolute atomic E-state index is 11.3. The first kappa shape index (κ1) is 12.3. The lowest BCUT2D eigenvalue weighted by atomic mass is 10.2. The standard InChI is InChI=1S/C11H13IO3/c1-3-9(11(13)14-2)15-10-7-5-4-6-8(10)12/h4-7,9H,3H2,1-2H3. The molecule has 0 fully saturated rings. The lowest BCUT2D eigenvalue weighted by Crippen LogP contribution is -2.27. The quantitative estimate of drug-likeness (QED) is 0.632. The maximum Gasteiger partial charge on any atom is 0.347 e. The molecule has 15 heavy (non-hydrogen) atoms. The van der Waals surface area contributed by atoms with E-state index in [1.54, 1.807) is 0 Å². The molecule has 0 aliphatic carbocycles. The highest BCUT2D eigenvalue weighted by atomic mass is 127. The zero-order chi connectivity index (χ0) is 11.3. The van der Waals surface area contributed by atoms with Gasteiger partial charge in [0, 0.05) is 0 Å². The number of halogens is 1. The van der Waals surface area contributed by atoms with Gasteiger partial charge in [0.1, 0.15) is 5.75 Å². The molecule has 4 heteroatoms. The second-order valence-electron chi connectivity index (χ2n) is 2.97. The average Bonchev–Trinajstić information content (AvgIpc) is 2.27. The van der Waals surface area contributed by atoms with Gasteiger partial charge in [0.25, 0.3) is 0 Å². The summed E-state index contributed by atoms with van der Waals surface area (Å²) in [5, 5.41) is 0. The SMILES string of the molecule is CCC(Oc1ccccc1I)C(=O)OC. The third-order valence-corrected chi connectivity index (χ3v) is 2.83. The molecular weight excluding hydrogens is 307 g/mol. The molecule has 0 radical (unpaired) electrons. The average molecular weight is 320 g/mol. The summed E-state index contributed by atoms with van der Waals surface area (Å²) in [4.78, 5) is 11.3. The van der Waals surface area contributed by atoms with Crippen LogP contribution in [0.1, 0.15) is 13.3 Å². The molecule has 1 atom stereocenters. The molecule has 3 nitrogen and oxygen atoms in total. The molecule has 0 aliphatic rings. The number of rotatable bonds is 4. The van der Waals surface area contributed by atoms with Crippen molar-refractivity contribution in [2.75, 3.05) is 7.11 Å². The van der Waals surface area contributed by atoms with Crippen LogP contribution >= 0.6 is 22.6 Å². The molecule has 0 spiro atoms. The van der Waals surface area contributed by atoms with Gasteiger partial charge >= 0.3 is 5.97 Å². The number of carbonyl (C=O) groups excluding carboxylic acids is 1.